The van der Waals surface area contributed by atoms with E-state index in [0.717, 1.165) is 12.5 Å². The van der Waals surface area contributed by atoms with Crippen molar-refractivity contribution in [3.05, 3.63) is 145 Å². The Balaban J connectivity index is 0.000000321. The van der Waals surface area contributed by atoms with Crippen molar-refractivity contribution >= 4 is 23.5 Å². The van der Waals surface area contributed by atoms with Gasteiger partial charge < -0.3 is 29.2 Å². The highest BCUT2D eigenvalue weighted by Gasteiger charge is 2.62. The van der Waals surface area contributed by atoms with Gasteiger partial charge in [-0.1, -0.05) is 94.6 Å². The number of fused-ring (bicyclic) bond motifs is 2. The van der Waals surface area contributed by atoms with E-state index in [1.807, 2.05) is 0 Å². The monoisotopic (exact) mass is 746 g/mol. The number of phenolic OH excluding ortho intramolecular Hbond substituents is 2. The lowest BCUT2D eigenvalue weighted by Gasteiger charge is -2.38. The Morgan fingerprint density at radius 2 is 1.20 bits per heavy atom. The first kappa shape index (κ1) is 40.0. The Bertz CT molecular complexity index is 1930. The summed E-state index contributed by atoms with van der Waals surface area (Å²) in [5.41, 5.74) is 1.57. The molecule has 2 bridgehead atoms. The zero-order chi connectivity index (χ0) is 39.8. The highest BCUT2D eigenvalue weighted by molar-refractivity contribution is 6.11. The van der Waals surface area contributed by atoms with E-state index in [4.69, 9.17) is 18.9 Å². The van der Waals surface area contributed by atoms with Gasteiger partial charge in [-0.05, 0) is 54.9 Å². The van der Waals surface area contributed by atoms with Crippen LogP contribution < -0.4 is 9.47 Å². The van der Waals surface area contributed by atoms with Crippen LogP contribution in [-0.4, -0.2) is 59.1 Å². The van der Waals surface area contributed by atoms with Gasteiger partial charge in [-0.15, -0.1) is 0 Å². The van der Waals surface area contributed by atoms with Crippen molar-refractivity contribution in [2.24, 2.45) is 16.7 Å². The largest absolute Gasteiger partial charge is 0.507 e. The van der Waals surface area contributed by atoms with Crippen LogP contribution in [0.5, 0.6) is 23.0 Å². The zero-order valence-electron chi connectivity index (χ0n) is 31.2. The second-order valence-electron chi connectivity index (χ2n) is 14.4. The molecule has 10 nitrogen and oxygen atoms in total. The van der Waals surface area contributed by atoms with Crippen LogP contribution in [0, 0.1) is 16.7 Å². The molecule has 2 N–H and O–H groups in total. The molecule has 0 amide bonds. The molecule has 2 aliphatic rings. The molecule has 10 heteroatoms. The smallest absolute Gasteiger partial charge is 0.330 e. The van der Waals surface area contributed by atoms with E-state index in [1.54, 1.807) is 60.7 Å². The third kappa shape index (κ3) is 9.15. The minimum absolute atomic E-state index is 0.0942. The molecule has 3 unspecified atom stereocenters. The normalized spacial score (nSPS) is 19.0. The van der Waals surface area contributed by atoms with Crippen molar-refractivity contribution in [2.75, 3.05) is 13.2 Å². The highest BCUT2D eigenvalue weighted by atomic mass is 16.6. The fraction of sp³-hybridized carbons (Fsp3) is 0.289. The van der Waals surface area contributed by atoms with Crippen LogP contribution in [0.15, 0.2) is 122 Å². The zero-order valence-corrected chi connectivity index (χ0v) is 31.2. The SMILES string of the molecule is C=CC(=O)OC(COc1ccc(C(=O)c2ccccc2)c(O)c1)COc1ccc(C(=O)c2ccccc2)c(O)c1.C=CC(=O)OC1CC2CCC1(C)C2(C)C. The fourth-order valence-electron chi connectivity index (χ4n) is 7.28. The summed E-state index contributed by atoms with van der Waals surface area (Å²) in [4.78, 5) is 48.4. The third-order valence-electron chi connectivity index (χ3n) is 11.0. The lowest BCUT2D eigenvalue weighted by molar-refractivity contribution is -0.150. The molecule has 0 saturated heterocycles. The molecule has 4 aromatic carbocycles. The van der Waals surface area contributed by atoms with E-state index in [1.165, 1.54) is 55.3 Å². The molecule has 0 spiro atoms. The van der Waals surface area contributed by atoms with Crippen molar-refractivity contribution in [1.82, 2.24) is 0 Å². The minimum atomic E-state index is -0.897. The lowest BCUT2D eigenvalue weighted by Crippen LogP contribution is -2.38. The van der Waals surface area contributed by atoms with Crippen molar-refractivity contribution in [1.29, 1.82) is 0 Å². The first-order valence-corrected chi connectivity index (χ1v) is 18.0. The number of esters is 2. The maximum atomic E-state index is 12.7. The number of phenols is 2. The number of ether oxygens (including phenoxy) is 4. The second kappa shape index (κ2) is 17.3. The molecule has 0 aliphatic heterocycles. The summed E-state index contributed by atoms with van der Waals surface area (Å²) in [5, 5.41) is 20.8. The van der Waals surface area contributed by atoms with Crippen LogP contribution in [0.25, 0.3) is 0 Å². The average molecular weight is 747 g/mol. The van der Waals surface area contributed by atoms with Crippen LogP contribution >= 0.6 is 0 Å². The molecule has 0 aromatic heterocycles. The second-order valence-corrected chi connectivity index (χ2v) is 14.4. The quantitative estimate of drug-likeness (QED) is 0.0739. The van der Waals surface area contributed by atoms with Gasteiger partial charge in [0.1, 0.15) is 42.3 Å². The van der Waals surface area contributed by atoms with Crippen molar-refractivity contribution < 1.29 is 48.3 Å². The predicted molar refractivity (Wildman–Crippen MR) is 206 cm³/mol. The van der Waals surface area contributed by atoms with Crippen LogP contribution in [-0.2, 0) is 19.1 Å². The number of benzene rings is 4. The first-order chi connectivity index (χ1) is 26.3. The van der Waals surface area contributed by atoms with Gasteiger partial charge in [-0.25, -0.2) is 9.59 Å². The predicted octanol–water partition coefficient (Wildman–Crippen LogP) is 8.05. The van der Waals surface area contributed by atoms with Gasteiger partial charge in [0.25, 0.3) is 0 Å². The summed E-state index contributed by atoms with van der Waals surface area (Å²) >= 11 is 0. The topological polar surface area (TPSA) is 146 Å². The van der Waals surface area contributed by atoms with E-state index in [0.29, 0.717) is 22.5 Å². The minimum Gasteiger partial charge on any atom is -0.507 e. The molecule has 0 radical (unpaired) electrons. The Labute approximate surface area is 321 Å². The van der Waals surface area contributed by atoms with Gasteiger partial charge in [0.2, 0.25) is 0 Å². The number of hydrogen-bond donors (Lipinski definition) is 2. The summed E-state index contributed by atoms with van der Waals surface area (Å²) in [6, 6.07) is 25.6. The highest BCUT2D eigenvalue weighted by Crippen LogP contribution is 2.66. The molecule has 2 fully saturated rings. The summed E-state index contributed by atoms with van der Waals surface area (Å²) < 4.78 is 22.2. The molecule has 0 heterocycles. The molecule has 2 saturated carbocycles. The summed E-state index contributed by atoms with van der Waals surface area (Å²) in [7, 11) is 0. The number of carbonyl (C=O) groups is 4. The molecular weight excluding hydrogens is 700 g/mol. The Hall–Kier alpha value is -6.16. The van der Waals surface area contributed by atoms with E-state index in [9.17, 15) is 29.4 Å². The molecule has 3 atom stereocenters. The molecule has 286 valence electrons. The van der Waals surface area contributed by atoms with Gasteiger partial charge in [0, 0.05) is 40.8 Å². The van der Waals surface area contributed by atoms with Gasteiger partial charge >= 0.3 is 11.9 Å². The summed E-state index contributed by atoms with van der Waals surface area (Å²) in [6.45, 7) is 13.4. The van der Waals surface area contributed by atoms with E-state index in [-0.39, 0.29) is 76.4 Å². The summed E-state index contributed by atoms with van der Waals surface area (Å²) in [5.74, 6) is -0.978. The van der Waals surface area contributed by atoms with Gasteiger partial charge in [-0.2, -0.15) is 0 Å². The first-order valence-electron chi connectivity index (χ1n) is 18.0. The van der Waals surface area contributed by atoms with E-state index < -0.39 is 12.1 Å². The Morgan fingerprint density at radius 1 is 0.727 bits per heavy atom. The Kier molecular flexibility index (Phi) is 12.6. The molecular formula is C45H46O10. The number of ketones is 2. The third-order valence-corrected chi connectivity index (χ3v) is 11.0. The van der Waals surface area contributed by atoms with Crippen molar-refractivity contribution in [2.45, 2.75) is 52.2 Å². The van der Waals surface area contributed by atoms with Gasteiger partial charge in [0.05, 0.1) is 11.1 Å². The number of hydrogen-bond acceptors (Lipinski definition) is 10. The van der Waals surface area contributed by atoms with Crippen LogP contribution in [0.1, 0.15) is 71.9 Å². The van der Waals surface area contributed by atoms with Crippen LogP contribution in [0.3, 0.4) is 0 Å². The maximum Gasteiger partial charge on any atom is 0.330 e. The molecule has 55 heavy (non-hydrogen) atoms. The fourth-order valence-corrected chi connectivity index (χ4v) is 7.28. The number of rotatable bonds is 14. The van der Waals surface area contributed by atoms with E-state index >= 15 is 0 Å². The Morgan fingerprint density at radius 3 is 1.58 bits per heavy atom. The standard InChI is InChI=1S/C32H26O8.C13H20O2/c1-2-30(35)40-25(19-38-23-13-15-26(28(33)17-23)31(36)21-9-5-3-6-10-21)20-39-24-14-16-27(29(34)18-24)32(37)22-11-7-4-8-12-22;1-5-11(14)15-10-8-9-6-7-13(10,4)12(9,2)3/h2-18,25,33-34H,1,19-20H2;5,9-10H,1,6-8H2,2-4H3. The van der Waals surface area contributed by atoms with Crippen LogP contribution in [0.2, 0.25) is 0 Å². The average Bonchev–Trinajstić information content (AvgIpc) is 3.53. The van der Waals surface area contributed by atoms with Crippen molar-refractivity contribution in [3.63, 3.8) is 0 Å². The molecule has 6 rings (SSSR count). The number of carbonyl (C=O) groups excluding carboxylic acids is 4. The number of aromatic hydroxyl groups is 2. The lowest BCUT2D eigenvalue weighted by atomic mass is 9.70. The summed E-state index contributed by atoms with van der Waals surface area (Å²) in [6.07, 6.45) is 4.96. The van der Waals surface area contributed by atoms with Crippen LogP contribution in [0.4, 0.5) is 0 Å². The maximum absolute atomic E-state index is 12.7. The van der Waals surface area contributed by atoms with Crippen molar-refractivity contribution in [3.8, 4) is 23.0 Å². The molecule has 2 aliphatic carbocycles. The van der Waals surface area contributed by atoms with E-state index in [2.05, 4.69) is 33.9 Å². The van der Waals surface area contributed by atoms with Gasteiger partial charge in [-0.3, -0.25) is 9.59 Å². The van der Waals surface area contributed by atoms with Gasteiger partial charge in [0.15, 0.2) is 17.7 Å². The molecule has 4 aromatic rings.